The van der Waals surface area contributed by atoms with Crippen molar-refractivity contribution < 1.29 is 0 Å². The molecule has 0 radical (unpaired) electrons. The molecular weight excluding hydrogens is 376 g/mol. The molecule has 0 saturated heterocycles. The van der Waals surface area contributed by atoms with Crippen LogP contribution in [0.5, 0.6) is 0 Å². The first-order valence-corrected chi connectivity index (χ1v) is 9.28. The Labute approximate surface area is 172 Å². The molecule has 0 spiro atoms. The van der Waals surface area contributed by atoms with E-state index in [1.807, 2.05) is 72.8 Å². The maximum Gasteiger partial charge on any atom is 0.201 e. The van der Waals surface area contributed by atoms with Crippen molar-refractivity contribution in [1.82, 2.24) is 34.8 Å². The molecule has 0 aliphatic rings. The molecule has 144 valence electrons. The fourth-order valence-corrected chi connectivity index (χ4v) is 3.07. The number of hydrogen-bond donors (Lipinski definition) is 1. The molecular formula is C22H16N8. The summed E-state index contributed by atoms with van der Waals surface area (Å²) in [5.41, 5.74) is 4.20. The zero-order chi connectivity index (χ0) is 20.3. The number of aromatic nitrogens is 7. The molecule has 0 bridgehead atoms. The predicted octanol–water partition coefficient (Wildman–Crippen LogP) is 3.24. The topological polar surface area (TPSA) is 108 Å². The van der Waals surface area contributed by atoms with Gasteiger partial charge < -0.3 is 5.84 Å². The summed E-state index contributed by atoms with van der Waals surface area (Å²) in [7, 11) is 0. The Hall–Kier alpha value is -4.46. The van der Waals surface area contributed by atoms with Crippen molar-refractivity contribution in [3.8, 4) is 45.8 Å². The maximum atomic E-state index is 6.33. The van der Waals surface area contributed by atoms with Gasteiger partial charge in [0, 0.05) is 12.4 Å². The van der Waals surface area contributed by atoms with E-state index in [-0.39, 0.29) is 0 Å². The molecule has 2 N–H and O–H groups in total. The first-order valence-electron chi connectivity index (χ1n) is 9.28. The van der Waals surface area contributed by atoms with Crippen molar-refractivity contribution in [2.45, 2.75) is 0 Å². The Bertz CT molecular complexity index is 1200. The molecule has 5 aromatic heterocycles. The number of hydrogen-bond acceptors (Lipinski definition) is 7. The normalized spacial score (nSPS) is 10.8. The molecule has 0 aliphatic heterocycles. The van der Waals surface area contributed by atoms with E-state index in [2.05, 4.69) is 30.1 Å². The van der Waals surface area contributed by atoms with Gasteiger partial charge in [-0.25, -0.2) is 14.6 Å². The molecule has 0 fully saturated rings. The van der Waals surface area contributed by atoms with Crippen molar-refractivity contribution in [3.05, 3.63) is 85.2 Å². The molecule has 0 unspecified atom stereocenters. The number of nitrogens with zero attached hydrogens (tertiary/aromatic N) is 7. The molecule has 0 amide bonds. The summed E-state index contributed by atoms with van der Waals surface area (Å²) in [4.78, 5) is 18.0. The highest BCUT2D eigenvalue weighted by Gasteiger charge is 2.17. The quantitative estimate of drug-likeness (QED) is 0.468. The van der Waals surface area contributed by atoms with Gasteiger partial charge in [-0.3, -0.25) is 9.97 Å². The van der Waals surface area contributed by atoms with Crippen molar-refractivity contribution in [1.29, 1.82) is 0 Å². The van der Waals surface area contributed by atoms with Gasteiger partial charge >= 0.3 is 0 Å². The lowest BCUT2D eigenvalue weighted by Gasteiger charge is -2.06. The van der Waals surface area contributed by atoms with Gasteiger partial charge in [-0.05, 0) is 48.5 Å². The lowest BCUT2D eigenvalue weighted by Crippen LogP contribution is -2.13. The smallest absolute Gasteiger partial charge is 0.201 e. The molecule has 5 rings (SSSR count). The molecule has 5 heterocycles. The highest BCUT2D eigenvalue weighted by Crippen LogP contribution is 2.24. The van der Waals surface area contributed by atoms with Crippen LogP contribution in [0.3, 0.4) is 0 Å². The largest absolute Gasteiger partial charge is 0.336 e. The zero-order valence-corrected chi connectivity index (χ0v) is 15.8. The van der Waals surface area contributed by atoms with Gasteiger partial charge in [-0.15, -0.1) is 10.2 Å². The second-order valence-electron chi connectivity index (χ2n) is 6.46. The standard InChI is InChI=1S/C22H16N8/c23-30-21(19-11-5-9-17(26-19)15-7-1-3-13-24-15)28-29-22(30)20-12-6-10-18(27-20)16-8-2-4-14-25-16/h1-14H,23H2. The Morgan fingerprint density at radius 1 is 0.500 bits per heavy atom. The summed E-state index contributed by atoms with van der Waals surface area (Å²) >= 11 is 0. The summed E-state index contributed by atoms with van der Waals surface area (Å²) in [6.45, 7) is 0. The summed E-state index contributed by atoms with van der Waals surface area (Å²) in [5, 5.41) is 8.50. The summed E-state index contributed by atoms with van der Waals surface area (Å²) in [5.74, 6) is 7.20. The van der Waals surface area contributed by atoms with Crippen LogP contribution in [0.1, 0.15) is 0 Å². The zero-order valence-electron chi connectivity index (χ0n) is 15.8. The minimum atomic E-state index is 0.438. The van der Waals surface area contributed by atoms with E-state index < -0.39 is 0 Å². The van der Waals surface area contributed by atoms with Crippen LogP contribution in [0.4, 0.5) is 0 Å². The second-order valence-corrected chi connectivity index (χ2v) is 6.46. The fraction of sp³-hybridized carbons (Fsp3) is 0. The van der Waals surface area contributed by atoms with Crippen molar-refractivity contribution in [2.24, 2.45) is 0 Å². The van der Waals surface area contributed by atoms with Crippen LogP contribution in [0.15, 0.2) is 85.2 Å². The van der Waals surface area contributed by atoms with E-state index in [9.17, 15) is 0 Å². The Morgan fingerprint density at radius 3 is 1.37 bits per heavy atom. The van der Waals surface area contributed by atoms with Gasteiger partial charge in [0.25, 0.3) is 0 Å². The lowest BCUT2D eigenvalue weighted by molar-refractivity contribution is 0.996. The predicted molar refractivity (Wildman–Crippen MR) is 113 cm³/mol. The SMILES string of the molecule is Nn1c(-c2cccc(-c3ccccn3)n2)nnc1-c1cccc(-c2ccccn2)n1. The molecule has 0 atom stereocenters. The molecule has 0 saturated carbocycles. The molecule has 0 aliphatic carbocycles. The molecule has 8 nitrogen and oxygen atoms in total. The van der Waals surface area contributed by atoms with Gasteiger partial charge in [0.1, 0.15) is 11.4 Å². The maximum absolute atomic E-state index is 6.33. The Morgan fingerprint density at radius 2 is 0.933 bits per heavy atom. The average Bonchev–Trinajstić information content (AvgIpc) is 3.22. The third kappa shape index (κ3) is 3.26. The van der Waals surface area contributed by atoms with Crippen molar-refractivity contribution in [2.75, 3.05) is 5.84 Å². The van der Waals surface area contributed by atoms with E-state index in [4.69, 9.17) is 5.84 Å². The van der Waals surface area contributed by atoms with Crippen LogP contribution >= 0.6 is 0 Å². The van der Waals surface area contributed by atoms with Crippen LogP contribution in [0.25, 0.3) is 45.8 Å². The number of nitrogen functional groups attached to an aromatic ring is 1. The van der Waals surface area contributed by atoms with Gasteiger partial charge in [-0.2, -0.15) is 0 Å². The Balaban J connectivity index is 1.53. The fourth-order valence-electron chi connectivity index (χ4n) is 3.07. The van der Waals surface area contributed by atoms with Crippen LogP contribution in [0, 0.1) is 0 Å². The number of rotatable bonds is 4. The van der Waals surface area contributed by atoms with Gasteiger partial charge in [-0.1, -0.05) is 24.3 Å². The van der Waals surface area contributed by atoms with E-state index in [0.29, 0.717) is 23.0 Å². The van der Waals surface area contributed by atoms with Crippen LogP contribution < -0.4 is 5.84 Å². The van der Waals surface area contributed by atoms with Crippen molar-refractivity contribution >= 4 is 0 Å². The third-order valence-corrected chi connectivity index (χ3v) is 4.51. The number of nitrogens with two attached hydrogens (primary N) is 1. The van der Waals surface area contributed by atoms with Crippen molar-refractivity contribution in [3.63, 3.8) is 0 Å². The highest BCUT2D eigenvalue weighted by atomic mass is 15.4. The molecule has 8 heteroatoms. The van der Waals surface area contributed by atoms with Gasteiger partial charge in [0.2, 0.25) is 11.6 Å². The monoisotopic (exact) mass is 392 g/mol. The van der Waals surface area contributed by atoms with E-state index in [1.165, 1.54) is 4.68 Å². The Kier molecular flexibility index (Phi) is 4.41. The minimum Gasteiger partial charge on any atom is -0.336 e. The summed E-state index contributed by atoms with van der Waals surface area (Å²) < 4.78 is 1.40. The molecule has 5 aromatic rings. The number of pyridine rings is 4. The summed E-state index contributed by atoms with van der Waals surface area (Å²) in [6, 6.07) is 22.6. The first kappa shape index (κ1) is 17.6. The lowest BCUT2D eigenvalue weighted by atomic mass is 10.2. The van der Waals surface area contributed by atoms with Crippen LogP contribution in [-0.4, -0.2) is 34.8 Å². The second kappa shape index (κ2) is 7.51. The van der Waals surface area contributed by atoms with Crippen LogP contribution in [-0.2, 0) is 0 Å². The van der Waals surface area contributed by atoms with E-state index in [0.717, 1.165) is 22.8 Å². The highest BCUT2D eigenvalue weighted by molar-refractivity contribution is 5.64. The van der Waals surface area contributed by atoms with Gasteiger partial charge in [0.15, 0.2) is 0 Å². The average molecular weight is 392 g/mol. The third-order valence-electron chi connectivity index (χ3n) is 4.51. The minimum absolute atomic E-state index is 0.438. The molecule has 30 heavy (non-hydrogen) atoms. The first-order chi connectivity index (χ1) is 14.8. The molecule has 0 aromatic carbocycles. The van der Waals surface area contributed by atoms with Crippen LogP contribution in [0.2, 0.25) is 0 Å². The van der Waals surface area contributed by atoms with E-state index in [1.54, 1.807) is 12.4 Å². The van der Waals surface area contributed by atoms with E-state index >= 15 is 0 Å². The van der Waals surface area contributed by atoms with Gasteiger partial charge in [0.05, 0.1) is 22.8 Å². The summed E-state index contributed by atoms with van der Waals surface area (Å²) in [6.07, 6.45) is 3.46.